The number of nitrogens with one attached hydrogen (secondary N) is 2. The first-order valence-corrected chi connectivity index (χ1v) is 7.58. The molecular weight excluding hydrogens is 284 g/mol. The monoisotopic (exact) mass is 310 g/mol. The summed E-state index contributed by atoms with van der Waals surface area (Å²) in [5.74, 6) is 1.46. The van der Waals surface area contributed by atoms with Crippen molar-refractivity contribution in [2.45, 2.75) is 51.0 Å². The summed E-state index contributed by atoms with van der Waals surface area (Å²) in [4.78, 5) is 8.66. The van der Waals surface area contributed by atoms with Crippen LogP contribution in [0.1, 0.15) is 27.7 Å². The van der Waals surface area contributed by atoms with E-state index in [2.05, 4.69) is 30.8 Å². The quantitative estimate of drug-likeness (QED) is 0.535. The molecule has 0 radical (unpaired) electrons. The molecule has 124 valence electrons. The second kappa shape index (κ2) is 6.29. The molecule has 2 aliphatic heterocycles. The molecule has 8 heteroatoms. The van der Waals surface area contributed by atoms with Gasteiger partial charge >= 0.3 is 0 Å². The molecule has 0 saturated heterocycles. The Kier molecular flexibility index (Phi) is 4.81. The molecule has 0 saturated carbocycles. The first-order chi connectivity index (χ1) is 10.2. The molecule has 2 aliphatic rings. The van der Waals surface area contributed by atoms with Gasteiger partial charge in [0.25, 0.3) is 0 Å². The average molecular weight is 310 g/mol. The third-order valence-electron chi connectivity index (χ3n) is 3.64. The molecule has 8 nitrogen and oxygen atoms in total. The van der Waals surface area contributed by atoms with Crippen molar-refractivity contribution in [2.24, 2.45) is 20.2 Å². The summed E-state index contributed by atoms with van der Waals surface area (Å²) in [5.41, 5.74) is -1.18. The van der Waals surface area contributed by atoms with Gasteiger partial charge in [0.05, 0.1) is 25.3 Å². The van der Waals surface area contributed by atoms with Gasteiger partial charge in [0.15, 0.2) is 0 Å². The largest absolute Gasteiger partial charge is 0.389 e. The summed E-state index contributed by atoms with van der Waals surface area (Å²) < 4.78 is 0. The van der Waals surface area contributed by atoms with E-state index in [9.17, 15) is 10.2 Å². The molecule has 2 unspecified atom stereocenters. The third-order valence-corrected chi connectivity index (χ3v) is 3.64. The highest BCUT2D eigenvalue weighted by molar-refractivity contribution is 5.92. The number of hydrogen-bond acceptors (Lipinski definition) is 8. The summed E-state index contributed by atoms with van der Waals surface area (Å²) in [5, 5.41) is 34.0. The minimum atomic E-state index is -0.591. The zero-order valence-electron chi connectivity index (χ0n) is 13.7. The molecule has 4 N–H and O–H groups in total. The highest BCUT2D eigenvalue weighted by atomic mass is 16.3. The van der Waals surface area contributed by atoms with Crippen LogP contribution in [-0.2, 0) is 0 Å². The van der Waals surface area contributed by atoms with Crippen LogP contribution in [0, 0.1) is 0 Å². The van der Waals surface area contributed by atoms with Crippen molar-refractivity contribution in [3.63, 3.8) is 0 Å². The van der Waals surface area contributed by atoms with E-state index in [1.54, 1.807) is 0 Å². The Hall–Kier alpha value is -1.54. The number of rotatable bonds is 4. The first-order valence-electron chi connectivity index (χ1n) is 7.58. The number of aliphatic imine (C=N–C) groups is 2. The van der Waals surface area contributed by atoms with E-state index in [1.165, 1.54) is 0 Å². The smallest absolute Gasteiger partial charge is 0.133 e. The van der Waals surface area contributed by atoms with Crippen LogP contribution < -0.4 is 10.6 Å². The van der Waals surface area contributed by atoms with Crippen molar-refractivity contribution in [1.82, 2.24) is 10.6 Å². The number of nitrogens with zero attached hydrogens (tertiary/aromatic N) is 4. The molecule has 0 spiro atoms. The maximum Gasteiger partial charge on any atom is 0.133 e. The van der Waals surface area contributed by atoms with Gasteiger partial charge in [-0.3, -0.25) is 9.98 Å². The van der Waals surface area contributed by atoms with Gasteiger partial charge in [-0.25, -0.2) is 0 Å². The maximum atomic E-state index is 9.48. The Morgan fingerprint density at radius 1 is 0.864 bits per heavy atom. The van der Waals surface area contributed by atoms with Crippen LogP contribution in [0.5, 0.6) is 0 Å². The van der Waals surface area contributed by atoms with Crippen molar-refractivity contribution in [3.05, 3.63) is 0 Å². The Labute approximate surface area is 130 Å². The minimum absolute atomic E-state index is 0.386. The van der Waals surface area contributed by atoms with Gasteiger partial charge in [-0.15, -0.1) is 0 Å². The fraction of sp³-hybridized carbons (Fsp3) is 0.857. The van der Waals surface area contributed by atoms with Gasteiger partial charge in [0, 0.05) is 13.1 Å². The van der Waals surface area contributed by atoms with Crippen LogP contribution in [0.15, 0.2) is 20.2 Å². The molecule has 0 aliphatic carbocycles. The summed E-state index contributed by atoms with van der Waals surface area (Å²) in [6.45, 7) is 9.44. The van der Waals surface area contributed by atoms with Gasteiger partial charge < -0.3 is 20.8 Å². The minimum Gasteiger partial charge on any atom is -0.389 e. The summed E-state index contributed by atoms with van der Waals surface area (Å²) >= 11 is 0. The Balaban J connectivity index is 2.09. The van der Waals surface area contributed by atoms with Crippen LogP contribution in [-0.4, -0.2) is 71.3 Å². The normalized spacial score (nSPS) is 27.0. The molecule has 2 rings (SSSR count). The summed E-state index contributed by atoms with van der Waals surface area (Å²) in [6.07, 6.45) is -0.889. The predicted octanol–water partition coefficient (Wildman–Crippen LogP) is -0.279. The third kappa shape index (κ3) is 4.01. The lowest BCUT2D eigenvalue weighted by molar-refractivity contribution is 0.179. The van der Waals surface area contributed by atoms with Crippen molar-refractivity contribution in [3.8, 4) is 0 Å². The molecule has 0 fully saturated rings. The molecule has 2 atom stereocenters. The highest BCUT2D eigenvalue weighted by Gasteiger charge is 2.32. The average Bonchev–Trinajstić information content (AvgIpc) is 2.46. The number of hydrogen-bond donors (Lipinski definition) is 4. The van der Waals surface area contributed by atoms with Gasteiger partial charge in [0.1, 0.15) is 22.7 Å². The van der Waals surface area contributed by atoms with Crippen molar-refractivity contribution in [1.29, 1.82) is 0 Å². The number of aliphatic hydroxyl groups excluding tert-OH is 2. The van der Waals surface area contributed by atoms with Gasteiger partial charge in [-0.2, -0.15) is 10.2 Å². The Morgan fingerprint density at radius 3 is 1.50 bits per heavy atom. The number of amidine groups is 2. The predicted molar refractivity (Wildman–Crippen MR) is 85.6 cm³/mol. The van der Waals surface area contributed by atoms with E-state index in [4.69, 9.17) is 0 Å². The lowest BCUT2D eigenvalue weighted by Gasteiger charge is -2.30. The fourth-order valence-electron chi connectivity index (χ4n) is 2.23. The Bertz CT molecular complexity index is 454. The van der Waals surface area contributed by atoms with Crippen LogP contribution >= 0.6 is 0 Å². The van der Waals surface area contributed by atoms with Crippen molar-refractivity contribution in [2.75, 3.05) is 26.2 Å². The zero-order chi connectivity index (χ0) is 16.4. The molecule has 0 aromatic rings. The van der Waals surface area contributed by atoms with Crippen molar-refractivity contribution < 1.29 is 10.2 Å². The lowest BCUT2D eigenvalue weighted by Crippen LogP contribution is -2.50. The van der Waals surface area contributed by atoms with Crippen molar-refractivity contribution >= 4 is 11.7 Å². The second-order valence-electron chi connectivity index (χ2n) is 6.77. The summed E-state index contributed by atoms with van der Waals surface area (Å²) in [6, 6.07) is 0. The van der Waals surface area contributed by atoms with Gasteiger partial charge in [0.2, 0.25) is 0 Å². The van der Waals surface area contributed by atoms with E-state index in [-0.39, 0.29) is 0 Å². The number of aliphatic hydroxyl groups is 2. The SMILES string of the molecule is CC(C)(/N=N/C(C)(C)C1=NCC(O)CN1)C1=NCC(O)CN1. The second-order valence-corrected chi connectivity index (χ2v) is 6.77. The van der Waals surface area contributed by atoms with E-state index in [0.717, 1.165) is 11.7 Å². The first kappa shape index (κ1) is 16.8. The zero-order valence-corrected chi connectivity index (χ0v) is 13.7. The lowest BCUT2D eigenvalue weighted by atomic mass is 10.0. The van der Waals surface area contributed by atoms with Crippen LogP contribution in [0.4, 0.5) is 0 Å². The van der Waals surface area contributed by atoms with E-state index in [0.29, 0.717) is 26.2 Å². The van der Waals surface area contributed by atoms with E-state index >= 15 is 0 Å². The van der Waals surface area contributed by atoms with Gasteiger partial charge in [-0.1, -0.05) is 0 Å². The van der Waals surface area contributed by atoms with Gasteiger partial charge in [-0.05, 0) is 27.7 Å². The number of azo groups is 1. The molecule has 2 heterocycles. The number of β-amino-alcohol motifs (C(OH)–C–C–N with tert-alkyl or cyclic N) is 2. The highest BCUT2D eigenvalue weighted by Crippen LogP contribution is 2.19. The molecule has 0 amide bonds. The summed E-state index contributed by atoms with van der Waals surface area (Å²) in [7, 11) is 0. The fourth-order valence-corrected chi connectivity index (χ4v) is 2.23. The molecule has 0 bridgehead atoms. The van der Waals surface area contributed by atoms with Crippen LogP contribution in [0.3, 0.4) is 0 Å². The Morgan fingerprint density at radius 2 is 1.23 bits per heavy atom. The van der Waals surface area contributed by atoms with Crippen LogP contribution in [0.2, 0.25) is 0 Å². The molecule has 22 heavy (non-hydrogen) atoms. The molecule has 0 aromatic heterocycles. The molecule has 0 aromatic carbocycles. The maximum absolute atomic E-state index is 9.48. The van der Waals surface area contributed by atoms with E-state index in [1.807, 2.05) is 27.7 Å². The van der Waals surface area contributed by atoms with Crippen LogP contribution in [0.25, 0.3) is 0 Å². The topological polar surface area (TPSA) is 114 Å². The van der Waals surface area contributed by atoms with E-state index < -0.39 is 23.3 Å². The molecular formula is C14H26N6O2. The standard InChI is InChI=1S/C14H26N6O2/c1-13(2,11-15-5-9(21)6-16-11)19-20-14(3,4)12-17-7-10(22)8-18-12/h9-10,21-22H,5-8H2,1-4H3,(H,15,16)(H,17,18)/b20-19+.